The van der Waals surface area contributed by atoms with E-state index >= 15 is 0 Å². The maximum absolute atomic E-state index is 12.8. The summed E-state index contributed by atoms with van der Waals surface area (Å²) < 4.78 is 23.6. The second-order valence-corrected chi connectivity index (χ2v) is 11.8. The smallest absolute Gasteiger partial charge is 0.335 e. The molecule has 0 amide bonds. The van der Waals surface area contributed by atoms with Gasteiger partial charge in [-0.3, -0.25) is 4.57 Å². The largest absolute Gasteiger partial charge is 0.507 e. The van der Waals surface area contributed by atoms with E-state index in [1.807, 2.05) is 38.1 Å². The normalized spacial score (nSPS) is 12.9. The fourth-order valence-electron chi connectivity index (χ4n) is 3.39. The fourth-order valence-corrected chi connectivity index (χ4v) is 5.10. The van der Waals surface area contributed by atoms with E-state index in [9.17, 15) is 9.67 Å². The molecule has 0 aliphatic carbocycles. The zero-order valence-electron chi connectivity index (χ0n) is 19.7. The molecule has 0 radical (unpaired) electrons. The van der Waals surface area contributed by atoms with E-state index in [-0.39, 0.29) is 17.0 Å². The average molecular weight is 433 g/mol. The summed E-state index contributed by atoms with van der Waals surface area (Å²) in [5, 5.41) is 11.1. The van der Waals surface area contributed by atoms with Crippen LogP contribution in [0.15, 0.2) is 36.4 Å². The van der Waals surface area contributed by atoms with Gasteiger partial charge in [0.2, 0.25) is 0 Å². The molecule has 0 spiro atoms. The van der Waals surface area contributed by atoms with Crippen LogP contribution in [0.5, 0.6) is 5.75 Å². The van der Waals surface area contributed by atoms with Gasteiger partial charge in [0.1, 0.15) is 5.75 Å². The quantitative estimate of drug-likeness (QED) is 0.463. The molecular formula is C25H37O4P. The van der Waals surface area contributed by atoms with Crippen molar-refractivity contribution in [2.75, 3.05) is 13.2 Å². The Kier molecular flexibility index (Phi) is 7.61. The highest BCUT2D eigenvalue weighted by molar-refractivity contribution is 7.53. The summed E-state index contributed by atoms with van der Waals surface area (Å²) in [5.41, 5.74) is 4.53. The molecule has 0 fully saturated rings. The molecule has 2 aromatic carbocycles. The molecule has 5 heteroatoms. The van der Waals surface area contributed by atoms with Gasteiger partial charge in [0.25, 0.3) is 0 Å². The predicted octanol–water partition coefficient (Wildman–Crippen LogP) is 7.42. The summed E-state index contributed by atoms with van der Waals surface area (Å²) in [6.45, 7) is 17.2. The van der Waals surface area contributed by atoms with E-state index in [1.165, 1.54) is 5.56 Å². The van der Waals surface area contributed by atoms with Gasteiger partial charge in [-0.2, -0.15) is 0 Å². The van der Waals surface area contributed by atoms with Crippen LogP contribution in [0.3, 0.4) is 0 Å². The van der Waals surface area contributed by atoms with E-state index in [4.69, 9.17) is 9.05 Å². The Hall–Kier alpha value is -1.61. The zero-order valence-corrected chi connectivity index (χ0v) is 20.6. The maximum Gasteiger partial charge on any atom is 0.335 e. The van der Waals surface area contributed by atoms with Crippen molar-refractivity contribution >= 4 is 7.60 Å². The molecule has 0 aliphatic heterocycles. The molecule has 0 atom stereocenters. The number of phenolic OH excluding ortho intramolecular Hbond substituents is 1. The molecule has 0 aliphatic rings. The minimum Gasteiger partial charge on any atom is -0.507 e. The lowest BCUT2D eigenvalue weighted by molar-refractivity contribution is 0.219. The van der Waals surface area contributed by atoms with Crippen LogP contribution in [0, 0.1) is 0 Å². The molecule has 2 aromatic rings. The Labute approximate surface area is 182 Å². The van der Waals surface area contributed by atoms with Crippen LogP contribution in [0.1, 0.15) is 72.1 Å². The van der Waals surface area contributed by atoms with Crippen molar-refractivity contribution in [3.05, 3.63) is 53.1 Å². The van der Waals surface area contributed by atoms with Gasteiger partial charge < -0.3 is 14.2 Å². The van der Waals surface area contributed by atoms with Gasteiger partial charge in [0.05, 0.1) is 19.4 Å². The first kappa shape index (κ1) is 24.7. The van der Waals surface area contributed by atoms with Crippen molar-refractivity contribution in [2.24, 2.45) is 0 Å². The van der Waals surface area contributed by atoms with E-state index in [1.54, 1.807) is 0 Å². The molecule has 2 rings (SSSR count). The van der Waals surface area contributed by atoms with Gasteiger partial charge in [-0.25, -0.2) is 0 Å². The number of hydrogen-bond donors (Lipinski definition) is 1. The summed E-state index contributed by atoms with van der Waals surface area (Å²) in [7, 11) is -3.15. The van der Waals surface area contributed by atoms with Crippen LogP contribution >= 0.6 is 7.60 Å². The average Bonchev–Trinajstić information content (AvgIpc) is 2.61. The van der Waals surface area contributed by atoms with Crippen LogP contribution in [-0.2, 0) is 30.6 Å². The molecule has 0 bridgehead atoms. The number of phenols is 1. The molecular weight excluding hydrogens is 395 g/mol. The third-order valence-corrected chi connectivity index (χ3v) is 7.13. The van der Waals surface area contributed by atoms with Crippen LogP contribution in [0.2, 0.25) is 0 Å². The Bertz CT molecular complexity index is 892. The standard InChI is InChI=1S/C25H37O4P/c1-9-28-30(27,29-10-2)17-18-11-13-19(14-12-18)21-15-20(24(3,4)5)16-22(23(21)26)25(6,7)8/h11-16,26H,9-10,17H2,1-8H3. The van der Waals surface area contributed by atoms with Crippen molar-refractivity contribution < 1.29 is 18.7 Å². The molecule has 1 N–H and O–H groups in total. The molecule has 0 aromatic heterocycles. The number of aromatic hydroxyl groups is 1. The van der Waals surface area contributed by atoms with Crippen molar-refractivity contribution in [1.29, 1.82) is 0 Å². The van der Waals surface area contributed by atoms with E-state index in [0.29, 0.717) is 19.0 Å². The second kappa shape index (κ2) is 9.26. The van der Waals surface area contributed by atoms with Crippen LogP contribution in [-0.4, -0.2) is 18.3 Å². The highest BCUT2D eigenvalue weighted by Gasteiger charge is 2.26. The van der Waals surface area contributed by atoms with Gasteiger partial charge in [0.15, 0.2) is 0 Å². The molecule has 0 heterocycles. The molecule has 0 unspecified atom stereocenters. The van der Waals surface area contributed by atoms with Gasteiger partial charge >= 0.3 is 7.60 Å². The monoisotopic (exact) mass is 432 g/mol. The molecule has 0 saturated heterocycles. The molecule has 4 nitrogen and oxygen atoms in total. The SMILES string of the molecule is CCOP(=O)(Cc1ccc(-c2cc(C(C)(C)C)cc(C(C)(C)C)c2O)cc1)OCC. The number of hydrogen-bond acceptors (Lipinski definition) is 4. The lowest BCUT2D eigenvalue weighted by Gasteiger charge is -2.27. The Morgan fingerprint density at radius 2 is 1.40 bits per heavy atom. The lowest BCUT2D eigenvalue weighted by Crippen LogP contribution is -2.17. The minimum absolute atomic E-state index is 0.0377. The van der Waals surface area contributed by atoms with Gasteiger partial charge in [-0.05, 0) is 47.4 Å². The van der Waals surface area contributed by atoms with Crippen molar-refractivity contribution in [3.8, 4) is 16.9 Å². The van der Waals surface area contributed by atoms with Gasteiger partial charge in [-0.15, -0.1) is 0 Å². The van der Waals surface area contributed by atoms with Gasteiger partial charge in [0, 0.05) is 11.1 Å². The Morgan fingerprint density at radius 1 is 0.867 bits per heavy atom. The Balaban J connectivity index is 2.48. The summed E-state index contributed by atoms with van der Waals surface area (Å²) in [6.07, 6.45) is 0.232. The van der Waals surface area contributed by atoms with Crippen molar-refractivity contribution in [2.45, 2.75) is 72.4 Å². The number of rotatable bonds is 7. The third-order valence-electron chi connectivity index (χ3n) is 5.08. The summed E-state index contributed by atoms with van der Waals surface area (Å²) in [5.74, 6) is 0.317. The summed E-state index contributed by atoms with van der Waals surface area (Å²) in [4.78, 5) is 0. The summed E-state index contributed by atoms with van der Waals surface area (Å²) in [6, 6.07) is 12.0. The fraction of sp³-hybridized carbons (Fsp3) is 0.520. The summed E-state index contributed by atoms with van der Waals surface area (Å²) >= 11 is 0. The first-order chi connectivity index (χ1) is 13.8. The van der Waals surface area contributed by atoms with Crippen LogP contribution in [0.25, 0.3) is 11.1 Å². The van der Waals surface area contributed by atoms with Crippen LogP contribution in [0.4, 0.5) is 0 Å². The highest BCUT2D eigenvalue weighted by atomic mass is 31.2. The predicted molar refractivity (Wildman–Crippen MR) is 126 cm³/mol. The molecule has 166 valence electrons. The van der Waals surface area contributed by atoms with Crippen molar-refractivity contribution in [1.82, 2.24) is 0 Å². The minimum atomic E-state index is -3.15. The lowest BCUT2D eigenvalue weighted by atomic mass is 9.78. The second-order valence-electron chi connectivity index (χ2n) is 9.72. The maximum atomic E-state index is 12.8. The first-order valence-electron chi connectivity index (χ1n) is 10.7. The third kappa shape index (κ3) is 5.97. The van der Waals surface area contributed by atoms with Crippen molar-refractivity contribution in [3.63, 3.8) is 0 Å². The highest BCUT2D eigenvalue weighted by Crippen LogP contribution is 2.51. The van der Waals surface area contributed by atoms with Gasteiger partial charge in [-0.1, -0.05) is 71.9 Å². The zero-order chi connectivity index (χ0) is 22.7. The molecule has 30 heavy (non-hydrogen) atoms. The topological polar surface area (TPSA) is 55.8 Å². The first-order valence-corrected chi connectivity index (χ1v) is 12.4. The van der Waals surface area contributed by atoms with E-state index in [0.717, 1.165) is 22.3 Å². The van der Waals surface area contributed by atoms with Crippen LogP contribution < -0.4 is 0 Å². The molecule has 0 saturated carbocycles. The number of benzene rings is 2. The Morgan fingerprint density at radius 3 is 1.83 bits per heavy atom. The van der Waals surface area contributed by atoms with E-state index < -0.39 is 7.60 Å². The van der Waals surface area contributed by atoms with E-state index in [2.05, 4.69) is 53.7 Å².